The average Bonchev–Trinajstić information content (AvgIpc) is 2.61. The molecule has 0 spiro atoms. The van der Waals surface area contributed by atoms with Crippen molar-refractivity contribution in [3.63, 3.8) is 0 Å². The standard InChI is InChI=1S/C20H24ClNO2/c1-4-15-10-11-16(5-2)17(12-15)13-22-20(23)14(3)24-19-9-7-6-8-18(19)21/h6-12,14H,4-5,13H2,1-3H3,(H,22,23). The maximum Gasteiger partial charge on any atom is 0.261 e. The molecule has 128 valence electrons. The molecule has 0 saturated heterocycles. The normalized spacial score (nSPS) is 11.8. The smallest absolute Gasteiger partial charge is 0.261 e. The van der Waals surface area contributed by atoms with Gasteiger partial charge in [-0.2, -0.15) is 0 Å². The second-order valence-electron chi connectivity index (χ2n) is 5.72. The van der Waals surface area contributed by atoms with E-state index in [4.69, 9.17) is 16.3 Å². The second kappa shape index (κ2) is 8.74. The van der Waals surface area contributed by atoms with Crippen LogP contribution < -0.4 is 10.1 Å². The van der Waals surface area contributed by atoms with Gasteiger partial charge in [-0.25, -0.2) is 0 Å². The van der Waals surface area contributed by atoms with E-state index in [-0.39, 0.29) is 5.91 Å². The highest BCUT2D eigenvalue weighted by molar-refractivity contribution is 6.32. The predicted octanol–water partition coefficient (Wildman–Crippen LogP) is 4.55. The maximum atomic E-state index is 12.3. The molecule has 0 saturated carbocycles. The van der Waals surface area contributed by atoms with Gasteiger partial charge in [0.2, 0.25) is 0 Å². The molecule has 2 aromatic rings. The summed E-state index contributed by atoms with van der Waals surface area (Å²) in [5.74, 6) is 0.364. The zero-order valence-corrected chi connectivity index (χ0v) is 15.2. The van der Waals surface area contributed by atoms with E-state index in [0.717, 1.165) is 18.4 Å². The van der Waals surface area contributed by atoms with Crippen molar-refractivity contribution in [3.05, 3.63) is 64.2 Å². The molecular weight excluding hydrogens is 322 g/mol. The Morgan fingerprint density at radius 3 is 2.54 bits per heavy atom. The van der Waals surface area contributed by atoms with E-state index in [9.17, 15) is 4.79 Å². The molecule has 0 aliphatic carbocycles. The summed E-state index contributed by atoms with van der Waals surface area (Å²) in [5, 5.41) is 3.46. The molecule has 3 nitrogen and oxygen atoms in total. The Morgan fingerprint density at radius 1 is 1.12 bits per heavy atom. The van der Waals surface area contributed by atoms with Gasteiger partial charge in [0.1, 0.15) is 5.75 Å². The molecule has 0 aliphatic rings. The Hall–Kier alpha value is -2.00. The van der Waals surface area contributed by atoms with E-state index in [1.54, 1.807) is 19.1 Å². The molecule has 0 fully saturated rings. The molecule has 0 radical (unpaired) electrons. The Morgan fingerprint density at radius 2 is 1.88 bits per heavy atom. The van der Waals surface area contributed by atoms with Gasteiger partial charge in [0.05, 0.1) is 5.02 Å². The van der Waals surface area contributed by atoms with Crippen LogP contribution in [-0.2, 0) is 24.2 Å². The third kappa shape index (κ3) is 4.75. The van der Waals surface area contributed by atoms with Gasteiger partial charge in [-0.3, -0.25) is 4.79 Å². The minimum Gasteiger partial charge on any atom is -0.479 e. The Labute approximate surface area is 149 Å². The van der Waals surface area contributed by atoms with E-state index in [1.165, 1.54) is 11.1 Å². The molecule has 1 N–H and O–H groups in total. The molecule has 4 heteroatoms. The number of hydrogen-bond donors (Lipinski definition) is 1. The summed E-state index contributed by atoms with van der Waals surface area (Å²) in [6.45, 7) is 6.48. The molecule has 0 aliphatic heterocycles. The molecule has 1 amide bonds. The lowest BCUT2D eigenvalue weighted by Crippen LogP contribution is -2.36. The quantitative estimate of drug-likeness (QED) is 0.799. The number of ether oxygens (including phenoxy) is 1. The Bertz CT molecular complexity index is 700. The van der Waals surface area contributed by atoms with Crippen molar-refractivity contribution < 1.29 is 9.53 Å². The van der Waals surface area contributed by atoms with Gasteiger partial charge in [0.25, 0.3) is 5.91 Å². The van der Waals surface area contributed by atoms with E-state index in [2.05, 4.69) is 37.4 Å². The maximum absolute atomic E-state index is 12.3. The van der Waals surface area contributed by atoms with Crippen molar-refractivity contribution in [2.45, 2.75) is 46.3 Å². The Balaban J connectivity index is 1.98. The van der Waals surface area contributed by atoms with E-state index >= 15 is 0 Å². The van der Waals surface area contributed by atoms with Gasteiger partial charge < -0.3 is 10.1 Å². The van der Waals surface area contributed by atoms with Gasteiger partial charge in [-0.15, -0.1) is 0 Å². The lowest BCUT2D eigenvalue weighted by Gasteiger charge is -2.17. The van der Waals surface area contributed by atoms with Gasteiger partial charge >= 0.3 is 0 Å². The third-order valence-corrected chi connectivity index (χ3v) is 4.33. The topological polar surface area (TPSA) is 38.3 Å². The minimum atomic E-state index is -0.607. The first-order valence-electron chi connectivity index (χ1n) is 8.34. The number of carbonyl (C=O) groups is 1. The molecular formula is C20H24ClNO2. The van der Waals surface area contributed by atoms with Crippen LogP contribution in [0.15, 0.2) is 42.5 Å². The third-order valence-electron chi connectivity index (χ3n) is 4.02. The first-order valence-corrected chi connectivity index (χ1v) is 8.72. The summed E-state index contributed by atoms with van der Waals surface area (Å²) in [5.41, 5.74) is 3.69. The number of nitrogens with one attached hydrogen (secondary N) is 1. The molecule has 2 rings (SSSR count). The molecule has 24 heavy (non-hydrogen) atoms. The fraction of sp³-hybridized carbons (Fsp3) is 0.350. The number of hydrogen-bond acceptors (Lipinski definition) is 2. The molecule has 2 aromatic carbocycles. The number of amides is 1. The van der Waals surface area contributed by atoms with E-state index < -0.39 is 6.10 Å². The largest absolute Gasteiger partial charge is 0.479 e. The number of halogens is 1. The van der Waals surface area contributed by atoms with Crippen LogP contribution in [0, 0.1) is 0 Å². The highest BCUT2D eigenvalue weighted by atomic mass is 35.5. The highest BCUT2D eigenvalue weighted by Crippen LogP contribution is 2.24. The van der Waals surface area contributed by atoms with Crippen LogP contribution in [0.1, 0.15) is 37.5 Å². The SMILES string of the molecule is CCc1ccc(CC)c(CNC(=O)C(C)Oc2ccccc2Cl)c1. The Kier molecular flexibility index (Phi) is 6.68. The monoisotopic (exact) mass is 345 g/mol. The van der Waals surface area contributed by atoms with Crippen molar-refractivity contribution >= 4 is 17.5 Å². The predicted molar refractivity (Wildman–Crippen MR) is 98.6 cm³/mol. The van der Waals surface area contributed by atoms with Crippen molar-refractivity contribution in [1.82, 2.24) is 5.32 Å². The van der Waals surface area contributed by atoms with Gasteiger partial charge in [0.15, 0.2) is 6.10 Å². The number of para-hydroxylation sites is 1. The highest BCUT2D eigenvalue weighted by Gasteiger charge is 2.16. The number of benzene rings is 2. The summed E-state index contributed by atoms with van der Waals surface area (Å²) < 4.78 is 5.65. The lowest BCUT2D eigenvalue weighted by molar-refractivity contribution is -0.127. The summed E-state index contributed by atoms with van der Waals surface area (Å²) >= 11 is 6.06. The summed E-state index contributed by atoms with van der Waals surface area (Å²) in [6.07, 6.45) is 1.32. The van der Waals surface area contributed by atoms with Crippen LogP contribution in [-0.4, -0.2) is 12.0 Å². The van der Waals surface area contributed by atoms with Crippen molar-refractivity contribution in [2.24, 2.45) is 0 Å². The van der Waals surface area contributed by atoms with E-state index in [1.807, 2.05) is 12.1 Å². The van der Waals surface area contributed by atoms with Gasteiger partial charge in [-0.05, 0) is 48.6 Å². The van der Waals surface area contributed by atoms with Crippen LogP contribution in [0.5, 0.6) is 5.75 Å². The molecule has 1 unspecified atom stereocenters. The minimum absolute atomic E-state index is 0.154. The van der Waals surface area contributed by atoms with Crippen LogP contribution in [0.4, 0.5) is 0 Å². The first kappa shape index (κ1) is 18.3. The van der Waals surface area contributed by atoms with Gasteiger partial charge in [-0.1, -0.05) is 55.8 Å². The van der Waals surface area contributed by atoms with E-state index in [0.29, 0.717) is 17.3 Å². The average molecular weight is 346 g/mol. The fourth-order valence-corrected chi connectivity index (χ4v) is 2.70. The zero-order valence-electron chi connectivity index (χ0n) is 14.4. The first-order chi connectivity index (χ1) is 11.5. The summed E-state index contributed by atoms with van der Waals surface area (Å²) in [7, 11) is 0. The molecule has 1 atom stereocenters. The lowest BCUT2D eigenvalue weighted by atomic mass is 10.0. The number of rotatable bonds is 7. The zero-order chi connectivity index (χ0) is 17.5. The van der Waals surface area contributed by atoms with Crippen LogP contribution in [0.2, 0.25) is 5.02 Å². The van der Waals surface area contributed by atoms with Crippen LogP contribution >= 0.6 is 11.6 Å². The van der Waals surface area contributed by atoms with Crippen LogP contribution in [0.25, 0.3) is 0 Å². The molecule has 0 heterocycles. The number of aryl methyl sites for hydroxylation is 2. The summed E-state index contributed by atoms with van der Waals surface area (Å²) in [6, 6.07) is 13.6. The molecule has 0 aromatic heterocycles. The fourth-order valence-electron chi connectivity index (χ4n) is 2.52. The molecule has 0 bridgehead atoms. The van der Waals surface area contributed by atoms with Crippen molar-refractivity contribution in [3.8, 4) is 5.75 Å². The summed E-state index contributed by atoms with van der Waals surface area (Å²) in [4.78, 5) is 12.3. The van der Waals surface area contributed by atoms with Crippen LogP contribution in [0.3, 0.4) is 0 Å². The van der Waals surface area contributed by atoms with Crippen molar-refractivity contribution in [1.29, 1.82) is 0 Å². The van der Waals surface area contributed by atoms with Gasteiger partial charge in [0, 0.05) is 6.54 Å². The second-order valence-corrected chi connectivity index (χ2v) is 6.13. The van der Waals surface area contributed by atoms with Crippen molar-refractivity contribution in [2.75, 3.05) is 0 Å². The number of carbonyl (C=O) groups excluding carboxylic acids is 1.